The van der Waals surface area contributed by atoms with Gasteiger partial charge in [0.1, 0.15) is 11.6 Å². The smallest absolute Gasteiger partial charge is 0.222 e. The molecule has 5 N–H and O–H groups in total. The van der Waals surface area contributed by atoms with E-state index in [1.165, 1.54) is 38.5 Å². The molecule has 1 aliphatic rings. The summed E-state index contributed by atoms with van der Waals surface area (Å²) in [6.45, 7) is 0.623. The summed E-state index contributed by atoms with van der Waals surface area (Å²) in [6.07, 6.45) is 7.44. The second-order valence-corrected chi connectivity index (χ2v) is 6.62. The van der Waals surface area contributed by atoms with Crippen LogP contribution in [0.1, 0.15) is 38.5 Å². The van der Waals surface area contributed by atoms with E-state index in [-0.39, 0.29) is 18.5 Å². The van der Waals surface area contributed by atoms with Gasteiger partial charge >= 0.3 is 0 Å². The van der Waals surface area contributed by atoms with Crippen molar-refractivity contribution in [3.8, 4) is 5.75 Å². The highest BCUT2D eigenvalue weighted by Crippen LogP contribution is 2.32. The lowest BCUT2D eigenvalue weighted by atomic mass is 9.87. The summed E-state index contributed by atoms with van der Waals surface area (Å²) in [5, 5.41) is 10.5. The number of nitrogens with zero attached hydrogens (tertiary/aromatic N) is 2. The zero-order valence-electron chi connectivity index (χ0n) is 13.9. The van der Waals surface area contributed by atoms with Crippen molar-refractivity contribution in [2.24, 2.45) is 11.8 Å². The first-order chi connectivity index (χ1) is 11.7. The molecule has 6 nitrogen and oxygen atoms in total. The maximum absolute atomic E-state index is 9.81. The Balaban J connectivity index is 1.76. The molecule has 1 aromatic heterocycles. The minimum absolute atomic E-state index is 0.147. The van der Waals surface area contributed by atoms with Crippen molar-refractivity contribution in [3.05, 3.63) is 18.2 Å². The molecule has 1 aromatic carbocycles. The summed E-state index contributed by atoms with van der Waals surface area (Å²) >= 11 is 0. The fourth-order valence-corrected chi connectivity index (χ4v) is 3.64. The summed E-state index contributed by atoms with van der Waals surface area (Å²) in [7, 11) is 0. The summed E-state index contributed by atoms with van der Waals surface area (Å²) < 4.78 is 6.03. The van der Waals surface area contributed by atoms with E-state index >= 15 is 0 Å². The van der Waals surface area contributed by atoms with E-state index in [0.717, 1.165) is 0 Å². The van der Waals surface area contributed by atoms with Gasteiger partial charge in [0.25, 0.3) is 0 Å². The number of rotatable bonds is 5. The van der Waals surface area contributed by atoms with E-state index < -0.39 is 0 Å². The number of hydrogen-bond acceptors (Lipinski definition) is 6. The van der Waals surface area contributed by atoms with Crippen LogP contribution in [-0.4, -0.2) is 28.3 Å². The van der Waals surface area contributed by atoms with Crippen LogP contribution in [-0.2, 0) is 0 Å². The van der Waals surface area contributed by atoms with E-state index in [4.69, 9.17) is 16.2 Å². The molecule has 0 spiro atoms. The molecule has 3 rings (SSSR count). The van der Waals surface area contributed by atoms with Crippen molar-refractivity contribution < 1.29 is 9.84 Å². The lowest BCUT2D eigenvalue weighted by molar-refractivity contribution is 0.110. The van der Waals surface area contributed by atoms with Crippen LogP contribution in [0, 0.1) is 11.8 Å². The van der Waals surface area contributed by atoms with Crippen LogP contribution < -0.4 is 16.2 Å². The third-order valence-corrected chi connectivity index (χ3v) is 4.98. The van der Waals surface area contributed by atoms with Gasteiger partial charge in [-0.3, -0.25) is 0 Å². The van der Waals surface area contributed by atoms with Crippen LogP contribution in [0.4, 0.5) is 11.8 Å². The fourth-order valence-electron chi connectivity index (χ4n) is 3.64. The van der Waals surface area contributed by atoms with E-state index in [1.54, 1.807) is 0 Å². The van der Waals surface area contributed by atoms with Crippen molar-refractivity contribution in [1.29, 1.82) is 0 Å². The molecule has 0 bridgehead atoms. The van der Waals surface area contributed by atoms with Crippen molar-refractivity contribution in [3.63, 3.8) is 0 Å². The number of aromatic nitrogens is 2. The molecule has 130 valence electrons. The minimum Gasteiger partial charge on any atom is -0.492 e. The standard InChI is InChI=1S/C18H26N4O2/c19-17-16-14(21-18(20)22-17)8-5-9-15(16)24-11-13(10-23)12-6-3-1-2-4-7-12/h5,8-9,12-13,23H,1-4,6-7,10-11H2,(H4,19,20,21,22). The molecule has 0 radical (unpaired) electrons. The number of anilines is 2. The van der Waals surface area contributed by atoms with Crippen molar-refractivity contribution in [2.75, 3.05) is 24.7 Å². The number of aliphatic hydroxyl groups is 1. The van der Waals surface area contributed by atoms with Gasteiger partial charge in [-0.2, -0.15) is 4.98 Å². The minimum atomic E-state index is 0.147. The Labute approximate surface area is 142 Å². The van der Waals surface area contributed by atoms with E-state index in [9.17, 15) is 5.11 Å². The Morgan fingerprint density at radius 1 is 1.12 bits per heavy atom. The Hall–Kier alpha value is -2.08. The molecule has 1 unspecified atom stereocenters. The molecule has 1 fully saturated rings. The Bertz CT molecular complexity index is 684. The number of benzene rings is 1. The highest BCUT2D eigenvalue weighted by molar-refractivity contribution is 5.94. The molecular formula is C18H26N4O2. The van der Waals surface area contributed by atoms with Crippen molar-refractivity contribution in [1.82, 2.24) is 9.97 Å². The molecule has 0 amide bonds. The van der Waals surface area contributed by atoms with Gasteiger partial charge in [0.2, 0.25) is 5.95 Å². The summed E-state index contributed by atoms with van der Waals surface area (Å²) in [5.74, 6) is 1.80. The molecule has 6 heteroatoms. The summed E-state index contributed by atoms with van der Waals surface area (Å²) in [5.41, 5.74) is 12.3. The van der Waals surface area contributed by atoms with E-state index in [0.29, 0.717) is 35.0 Å². The van der Waals surface area contributed by atoms with Gasteiger partial charge in [-0.15, -0.1) is 0 Å². The Kier molecular flexibility index (Phi) is 5.35. The predicted molar refractivity (Wildman–Crippen MR) is 95.6 cm³/mol. The fraction of sp³-hybridized carbons (Fsp3) is 0.556. The summed E-state index contributed by atoms with van der Waals surface area (Å²) in [6, 6.07) is 5.56. The lowest BCUT2D eigenvalue weighted by Crippen LogP contribution is -2.25. The molecule has 1 saturated carbocycles. The first-order valence-corrected chi connectivity index (χ1v) is 8.74. The van der Waals surface area contributed by atoms with Gasteiger partial charge < -0.3 is 21.3 Å². The first-order valence-electron chi connectivity index (χ1n) is 8.74. The zero-order valence-corrected chi connectivity index (χ0v) is 13.9. The number of hydrogen-bond donors (Lipinski definition) is 3. The van der Waals surface area contributed by atoms with Crippen molar-refractivity contribution in [2.45, 2.75) is 38.5 Å². The van der Waals surface area contributed by atoms with Crippen molar-refractivity contribution >= 4 is 22.7 Å². The second-order valence-electron chi connectivity index (χ2n) is 6.62. The van der Waals surface area contributed by atoms with Gasteiger partial charge in [-0.1, -0.05) is 31.7 Å². The zero-order chi connectivity index (χ0) is 16.9. The average Bonchev–Trinajstić information content (AvgIpc) is 2.84. The molecule has 1 atom stereocenters. The molecule has 1 heterocycles. The molecule has 24 heavy (non-hydrogen) atoms. The third kappa shape index (κ3) is 3.70. The van der Waals surface area contributed by atoms with Crippen LogP contribution in [0.5, 0.6) is 5.75 Å². The number of fused-ring (bicyclic) bond motifs is 1. The predicted octanol–water partition coefficient (Wildman–Crippen LogP) is 2.75. The van der Waals surface area contributed by atoms with Crippen LogP contribution in [0.15, 0.2) is 18.2 Å². The van der Waals surface area contributed by atoms with Gasteiger partial charge in [0.05, 0.1) is 17.5 Å². The van der Waals surface area contributed by atoms with Crippen LogP contribution in [0.25, 0.3) is 10.9 Å². The number of nitrogens with two attached hydrogens (primary N) is 2. The van der Waals surface area contributed by atoms with Gasteiger partial charge in [0, 0.05) is 12.5 Å². The quantitative estimate of drug-likeness (QED) is 0.728. The SMILES string of the molecule is Nc1nc(N)c2c(OCC(CO)C3CCCCCC3)cccc2n1. The number of ether oxygens (including phenoxy) is 1. The number of nitrogen functional groups attached to an aromatic ring is 2. The maximum atomic E-state index is 9.81. The van der Waals surface area contributed by atoms with Crippen LogP contribution in [0.2, 0.25) is 0 Å². The largest absolute Gasteiger partial charge is 0.492 e. The van der Waals surface area contributed by atoms with Crippen LogP contribution >= 0.6 is 0 Å². The summed E-state index contributed by atoms with van der Waals surface area (Å²) in [4.78, 5) is 8.23. The van der Waals surface area contributed by atoms with Gasteiger partial charge in [0.15, 0.2) is 0 Å². The second kappa shape index (κ2) is 7.66. The molecule has 2 aromatic rings. The monoisotopic (exact) mass is 330 g/mol. The molecule has 0 saturated heterocycles. The Morgan fingerprint density at radius 3 is 2.58 bits per heavy atom. The first kappa shape index (κ1) is 16.8. The maximum Gasteiger partial charge on any atom is 0.222 e. The molecule has 0 aliphatic heterocycles. The van der Waals surface area contributed by atoms with E-state index in [1.807, 2.05) is 18.2 Å². The number of aliphatic hydroxyl groups excluding tert-OH is 1. The molecular weight excluding hydrogens is 304 g/mol. The normalized spacial score (nSPS) is 17.5. The topological polar surface area (TPSA) is 107 Å². The highest BCUT2D eigenvalue weighted by Gasteiger charge is 2.23. The van der Waals surface area contributed by atoms with Crippen LogP contribution in [0.3, 0.4) is 0 Å². The third-order valence-electron chi connectivity index (χ3n) is 4.98. The average molecular weight is 330 g/mol. The Morgan fingerprint density at radius 2 is 1.88 bits per heavy atom. The van der Waals surface area contributed by atoms with Gasteiger partial charge in [-0.25, -0.2) is 4.98 Å². The molecule has 1 aliphatic carbocycles. The highest BCUT2D eigenvalue weighted by atomic mass is 16.5. The van der Waals surface area contributed by atoms with Gasteiger partial charge in [-0.05, 0) is 30.9 Å². The lowest BCUT2D eigenvalue weighted by Gasteiger charge is -2.24. The van der Waals surface area contributed by atoms with E-state index in [2.05, 4.69) is 9.97 Å².